The minimum atomic E-state index is -0.121. The van der Waals surface area contributed by atoms with Crippen LogP contribution in [-0.4, -0.2) is 20.0 Å². The van der Waals surface area contributed by atoms with Crippen LogP contribution < -0.4 is 9.47 Å². The molecule has 0 radical (unpaired) electrons. The molecule has 2 aromatic rings. The van der Waals surface area contributed by atoms with Gasteiger partial charge in [0.05, 0.1) is 14.2 Å². The van der Waals surface area contributed by atoms with E-state index in [0.717, 1.165) is 5.56 Å². The number of ether oxygens (including phenoxy) is 2. The Morgan fingerprint density at radius 3 is 2.05 bits per heavy atom. The summed E-state index contributed by atoms with van der Waals surface area (Å²) >= 11 is 6.06. The monoisotopic (exact) mass is 290 g/mol. The Labute approximate surface area is 123 Å². The molecule has 0 saturated carbocycles. The van der Waals surface area contributed by atoms with Crippen LogP contribution in [0.2, 0.25) is 5.02 Å². The summed E-state index contributed by atoms with van der Waals surface area (Å²) in [4.78, 5) is 12.5. The van der Waals surface area contributed by atoms with Gasteiger partial charge < -0.3 is 9.47 Å². The first-order valence-corrected chi connectivity index (χ1v) is 6.47. The maximum atomic E-state index is 12.5. The van der Waals surface area contributed by atoms with Gasteiger partial charge in [0.2, 0.25) is 0 Å². The van der Waals surface area contributed by atoms with Gasteiger partial charge in [0, 0.05) is 22.2 Å². The fourth-order valence-electron chi connectivity index (χ4n) is 1.84. The van der Waals surface area contributed by atoms with Crippen LogP contribution in [0.25, 0.3) is 0 Å². The van der Waals surface area contributed by atoms with Crippen molar-refractivity contribution >= 4 is 17.4 Å². The van der Waals surface area contributed by atoms with Gasteiger partial charge in [0.1, 0.15) is 11.5 Å². The maximum absolute atomic E-state index is 12.5. The molecule has 0 aliphatic heterocycles. The number of carbonyl (C=O) groups excluding carboxylic acids is 1. The van der Waals surface area contributed by atoms with Gasteiger partial charge in [0.15, 0.2) is 5.78 Å². The highest BCUT2D eigenvalue weighted by Crippen LogP contribution is 2.25. The van der Waals surface area contributed by atoms with E-state index in [0.29, 0.717) is 27.6 Å². The highest BCUT2D eigenvalue weighted by molar-refractivity contribution is 6.31. The Morgan fingerprint density at radius 2 is 1.55 bits per heavy atom. The zero-order valence-electron chi connectivity index (χ0n) is 11.6. The average molecular weight is 291 g/mol. The first-order chi connectivity index (χ1) is 9.55. The van der Waals surface area contributed by atoms with E-state index in [4.69, 9.17) is 21.1 Å². The van der Waals surface area contributed by atoms with Gasteiger partial charge in [-0.2, -0.15) is 0 Å². The molecule has 0 heterocycles. The summed E-state index contributed by atoms with van der Waals surface area (Å²) < 4.78 is 10.3. The van der Waals surface area contributed by atoms with Crippen LogP contribution in [-0.2, 0) is 0 Å². The molecule has 0 amide bonds. The van der Waals surface area contributed by atoms with Crippen LogP contribution in [0.1, 0.15) is 21.5 Å². The Kier molecular flexibility index (Phi) is 4.30. The highest BCUT2D eigenvalue weighted by Gasteiger charge is 2.13. The van der Waals surface area contributed by atoms with E-state index in [1.807, 2.05) is 13.0 Å². The summed E-state index contributed by atoms with van der Waals surface area (Å²) in [5.41, 5.74) is 1.98. The van der Waals surface area contributed by atoms with Gasteiger partial charge in [-0.05, 0) is 30.7 Å². The summed E-state index contributed by atoms with van der Waals surface area (Å²) in [6, 6.07) is 10.3. The Balaban J connectivity index is 2.44. The third-order valence-corrected chi connectivity index (χ3v) is 3.45. The van der Waals surface area contributed by atoms with Crippen LogP contribution in [0, 0.1) is 6.92 Å². The molecule has 0 N–H and O–H groups in total. The van der Waals surface area contributed by atoms with E-state index in [1.165, 1.54) is 0 Å². The van der Waals surface area contributed by atoms with E-state index in [2.05, 4.69) is 0 Å². The summed E-state index contributed by atoms with van der Waals surface area (Å²) in [5, 5.41) is 0.575. The van der Waals surface area contributed by atoms with Crippen molar-refractivity contribution in [2.24, 2.45) is 0 Å². The lowest BCUT2D eigenvalue weighted by atomic mass is 10.0. The number of aryl methyl sites for hydroxylation is 1. The standard InChI is InChI=1S/C16H15ClO3/c1-10-4-5-11(8-15(10)17)16(18)12-6-13(19-2)9-14(7-12)20-3/h4-9H,1-3H3. The zero-order valence-corrected chi connectivity index (χ0v) is 12.3. The van der Waals surface area contributed by atoms with Crippen molar-refractivity contribution in [3.8, 4) is 11.5 Å². The fourth-order valence-corrected chi connectivity index (χ4v) is 2.02. The molecule has 0 aromatic heterocycles. The van der Waals surface area contributed by atoms with Gasteiger partial charge in [-0.3, -0.25) is 4.79 Å². The predicted octanol–water partition coefficient (Wildman–Crippen LogP) is 3.90. The second-order valence-corrected chi connectivity index (χ2v) is 4.80. The van der Waals surface area contributed by atoms with Crippen LogP contribution in [0.3, 0.4) is 0 Å². The topological polar surface area (TPSA) is 35.5 Å². The maximum Gasteiger partial charge on any atom is 0.193 e. The number of benzene rings is 2. The van der Waals surface area contributed by atoms with E-state index >= 15 is 0 Å². The zero-order chi connectivity index (χ0) is 14.7. The largest absolute Gasteiger partial charge is 0.497 e. The molecule has 0 spiro atoms. The van der Waals surface area contributed by atoms with Gasteiger partial charge in [-0.25, -0.2) is 0 Å². The number of halogens is 1. The molecule has 2 aromatic carbocycles. The van der Waals surface area contributed by atoms with Crippen molar-refractivity contribution < 1.29 is 14.3 Å². The normalized spacial score (nSPS) is 10.2. The molecular weight excluding hydrogens is 276 g/mol. The minimum absolute atomic E-state index is 0.121. The third-order valence-electron chi connectivity index (χ3n) is 3.05. The van der Waals surface area contributed by atoms with Crippen molar-refractivity contribution in [2.75, 3.05) is 14.2 Å². The second kappa shape index (κ2) is 5.97. The van der Waals surface area contributed by atoms with E-state index in [9.17, 15) is 4.79 Å². The minimum Gasteiger partial charge on any atom is -0.497 e. The summed E-state index contributed by atoms with van der Waals surface area (Å²) in [6.45, 7) is 1.89. The van der Waals surface area contributed by atoms with Crippen LogP contribution in [0.15, 0.2) is 36.4 Å². The molecule has 0 aliphatic carbocycles. The highest BCUT2D eigenvalue weighted by atomic mass is 35.5. The van der Waals surface area contributed by atoms with Gasteiger partial charge in [-0.15, -0.1) is 0 Å². The van der Waals surface area contributed by atoms with Crippen molar-refractivity contribution in [1.82, 2.24) is 0 Å². The van der Waals surface area contributed by atoms with Crippen molar-refractivity contribution in [1.29, 1.82) is 0 Å². The van der Waals surface area contributed by atoms with Gasteiger partial charge in [0.25, 0.3) is 0 Å². The first kappa shape index (κ1) is 14.4. The number of hydrogen-bond acceptors (Lipinski definition) is 3. The second-order valence-electron chi connectivity index (χ2n) is 4.39. The number of rotatable bonds is 4. The Hall–Kier alpha value is -2.00. The van der Waals surface area contributed by atoms with Crippen molar-refractivity contribution in [2.45, 2.75) is 6.92 Å². The summed E-state index contributed by atoms with van der Waals surface area (Å²) in [5.74, 6) is 1.03. The van der Waals surface area contributed by atoms with Crippen LogP contribution in [0.4, 0.5) is 0 Å². The Morgan fingerprint density at radius 1 is 0.950 bits per heavy atom. The summed E-state index contributed by atoms with van der Waals surface area (Å²) in [7, 11) is 3.09. The molecule has 104 valence electrons. The van der Waals surface area contributed by atoms with Crippen molar-refractivity contribution in [3.63, 3.8) is 0 Å². The lowest BCUT2D eigenvalue weighted by molar-refractivity contribution is 0.103. The SMILES string of the molecule is COc1cc(OC)cc(C(=O)c2ccc(C)c(Cl)c2)c1. The van der Waals surface area contributed by atoms with E-state index < -0.39 is 0 Å². The van der Waals surface area contributed by atoms with Crippen molar-refractivity contribution in [3.05, 3.63) is 58.1 Å². The number of methoxy groups -OCH3 is 2. The molecular formula is C16H15ClO3. The molecule has 3 nitrogen and oxygen atoms in total. The molecule has 0 saturated heterocycles. The molecule has 0 aliphatic rings. The molecule has 0 atom stereocenters. The van der Waals surface area contributed by atoms with E-state index in [-0.39, 0.29) is 5.78 Å². The molecule has 0 fully saturated rings. The smallest absolute Gasteiger partial charge is 0.193 e. The molecule has 4 heteroatoms. The van der Waals surface area contributed by atoms with Gasteiger partial charge in [-0.1, -0.05) is 23.7 Å². The number of hydrogen-bond donors (Lipinski definition) is 0. The van der Waals surface area contributed by atoms with E-state index in [1.54, 1.807) is 44.6 Å². The molecule has 20 heavy (non-hydrogen) atoms. The average Bonchev–Trinajstić information content (AvgIpc) is 2.48. The van der Waals surface area contributed by atoms with Crippen LogP contribution in [0.5, 0.6) is 11.5 Å². The summed E-state index contributed by atoms with van der Waals surface area (Å²) in [6.07, 6.45) is 0. The number of ketones is 1. The lowest BCUT2D eigenvalue weighted by Crippen LogP contribution is -2.03. The fraction of sp³-hybridized carbons (Fsp3) is 0.188. The third kappa shape index (κ3) is 2.94. The predicted molar refractivity (Wildman–Crippen MR) is 79.2 cm³/mol. The molecule has 2 rings (SSSR count). The number of carbonyl (C=O) groups is 1. The molecule has 0 unspecified atom stereocenters. The molecule has 0 bridgehead atoms. The lowest BCUT2D eigenvalue weighted by Gasteiger charge is -2.08. The Bertz CT molecular complexity index is 628. The van der Waals surface area contributed by atoms with Gasteiger partial charge >= 0.3 is 0 Å². The quantitative estimate of drug-likeness (QED) is 0.801. The van der Waals surface area contributed by atoms with Crippen LogP contribution >= 0.6 is 11.6 Å². The first-order valence-electron chi connectivity index (χ1n) is 6.09.